The van der Waals surface area contributed by atoms with E-state index in [1.165, 1.54) is 25.3 Å². The van der Waals surface area contributed by atoms with Gasteiger partial charge in [0.15, 0.2) is 0 Å². The van der Waals surface area contributed by atoms with Crippen LogP contribution in [-0.2, 0) is 10.0 Å². The Bertz CT molecular complexity index is 502. The molecule has 0 atom stereocenters. The van der Waals surface area contributed by atoms with Gasteiger partial charge in [-0.2, -0.15) is 0 Å². The number of aliphatic hydroxyl groups is 1. The summed E-state index contributed by atoms with van der Waals surface area (Å²) in [5, 5.41) is 8.63. The van der Waals surface area contributed by atoms with Crippen molar-refractivity contribution in [2.75, 3.05) is 26.0 Å². The van der Waals surface area contributed by atoms with Crippen molar-refractivity contribution < 1.29 is 18.3 Å². The molecular formula is C12H20N2O4S. The fourth-order valence-corrected chi connectivity index (χ4v) is 2.83. The first-order valence-electron chi connectivity index (χ1n) is 6.05. The van der Waals surface area contributed by atoms with Crippen LogP contribution < -0.4 is 15.2 Å². The van der Waals surface area contributed by atoms with Crippen molar-refractivity contribution >= 4 is 15.7 Å². The summed E-state index contributed by atoms with van der Waals surface area (Å²) in [6.45, 7) is 0.453. The Morgan fingerprint density at radius 3 is 2.68 bits per heavy atom. The molecule has 0 saturated carbocycles. The zero-order valence-corrected chi connectivity index (χ0v) is 11.7. The van der Waals surface area contributed by atoms with E-state index in [0.717, 1.165) is 6.42 Å². The molecule has 1 aromatic carbocycles. The first-order valence-corrected chi connectivity index (χ1v) is 7.53. The molecule has 108 valence electrons. The Morgan fingerprint density at radius 2 is 2.05 bits per heavy atom. The molecule has 0 aliphatic rings. The first-order chi connectivity index (χ1) is 9.01. The Labute approximate surface area is 113 Å². The van der Waals surface area contributed by atoms with Crippen LogP contribution in [-0.4, -0.2) is 33.8 Å². The Hall–Kier alpha value is -1.31. The number of anilines is 1. The van der Waals surface area contributed by atoms with Crippen LogP contribution in [0.3, 0.4) is 0 Å². The van der Waals surface area contributed by atoms with Crippen molar-refractivity contribution in [2.45, 2.75) is 24.2 Å². The number of hydrogen-bond acceptors (Lipinski definition) is 5. The van der Waals surface area contributed by atoms with E-state index in [2.05, 4.69) is 4.72 Å². The SMILES string of the molecule is COc1cc(N)ccc1S(=O)(=O)NCCCCCO. The molecule has 0 amide bonds. The number of aliphatic hydroxyl groups excluding tert-OH is 1. The van der Waals surface area contributed by atoms with Gasteiger partial charge in [0.2, 0.25) is 10.0 Å². The maximum atomic E-state index is 12.1. The molecule has 0 fully saturated rings. The normalized spacial score (nSPS) is 11.5. The number of nitrogens with two attached hydrogens (primary N) is 1. The molecule has 0 radical (unpaired) electrons. The van der Waals surface area contributed by atoms with Crippen molar-refractivity contribution in [1.29, 1.82) is 0 Å². The number of ether oxygens (including phenoxy) is 1. The molecule has 0 saturated heterocycles. The van der Waals surface area contributed by atoms with Crippen molar-refractivity contribution in [2.24, 2.45) is 0 Å². The molecular weight excluding hydrogens is 268 g/mol. The summed E-state index contributed by atoms with van der Waals surface area (Å²) < 4.78 is 31.7. The summed E-state index contributed by atoms with van der Waals surface area (Å²) in [6, 6.07) is 4.41. The predicted octanol–water partition coefficient (Wildman–Crippen LogP) is 0.718. The maximum absolute atomic E-state index is 12.1. The van der Waals surface area contributed by atoms with Gasteiger partial charge in [-0.15, -0.1) is 0 Å². The Kier molecular flexibility index (Phi) is 6.07. The summed E-state index contributed by atoms with van der Waals surface area (Å²) in [7, 11) is -2.20. The monoisotopic (exact) mass is 288 g/mol. The molecule has 0 aromatic heterocycles. The van der Waals surface area contributed by atoms with Crippen LogP contribution in [0.1, 0.15) is 19.3 Å². The molecule has 1 rings (SSSR count). The lowest BCUT2D eigenvalue weighted by atomic mass is 10.2. The minimum Gasteiger partial charge on any atom is -0.495 e. The second-order valence-corrected chi connectivity index (χ2v) is 5.83. The Morgan fingerprint density at radius 1 is 1.32 bits per heavy atom. The molecule has 0 bridgehead atoms. The van der Waals surface area contributed by atoms with E-state index in [9.17, 15) is 8.42 Å². The van der Waals surface area contributed by atoms with Gasteiger partial charge < -0.3 is 15.6 Å². The van der Waals surface area contributed by atoms with Gasteiger partial charge >= 0.3 is 0 Å². The highest BCUT2D eigenvalue weighted by Crippen LogP contribution is 2.25. The van der Waals surface area contributed by atoms with Gasteiger partial charge in [-0.3, -0.25) is 0 Å². The maximum Gasteiger partial charge on any atom is 0.244 e. The summed E-state index contributed by atoms with van der Waals surface area (Å²) >= 11 is 0. The van der Waals surface area contributed by atoms with Crippen molar-refractivity contribution in [1.82, 2.24) is 4.72 Å². The molecule has 6 nitrogen and oxygen atoms in total. The second kappa shape index (κ2) is 7.32. The molecule has 0 unspecified atom stereocenters. The number of methoxy groups -OCH3 is 1. The number of unbranched alkanes of at least 4 members (excludes halogenated alkanes) is 2. The highest BCUT2D eigenvalue weighted by Gasteiger charge is 2.18. The fourth-order valence-electron chi connectivity index (χ4n) is 1.60. The van der Waals surface area contributed by atoms with Crippen LogP contribution in [0, 0.1) is 0 Å². The van der Waals surface area contributed by atoms with Gasteiger partial charge in [0.1, 0.15) is 10.6 Å². The van der Waals surface area contributed by atoms with Crippen LogP contribution in [0.15, 0.2) is 23.1 Å². The van der Waals surface area contributed by atoms with Gasteiger partial charge in [-0.1, -0.05) is 0 Å². The van der Waals surface area contributed by atoms with E-state index in [4.69, 9.17) is 15.6 Å². The smallest absolute Gasteiger partial charge is 0.244 e. The second-order valence-electron chi connectivity index (χ2n) is 4.09. The minimum atomic E-state index is -3.60. The number of sulfonamides is 1. The number of nitrogens with one attached hydrogen (secondary N) is 1. The summed E-state index contributed by atoms with van der Waals surface area (Å²) in [6.07, 6.45) is 2.13. The minimum absolute atomic E-state index is 0.0753. The third-order valence-corrected chi connectivity index (χ3v) is 4.10. The van der Waals surface area contributed by atoms with Gasteiger partial charge in [-0.25, -0.2) is 13.1 Å². The molecule has 0 heterocycles. The van der Waals surface area contributed by atoms with E-state index < -0.39 is 10.0 Å². The molecule has 4 N–H and O–H groups in total. The third kappa shape index (κ3) is 4.70. The van der Waals surface area contributed by atoms with Crippen molar-refractivity contribution in [3.8, 4) is 5.75 Å². The average molecular weight is 288 g/mol. The zero-order valence-electron chi connectivity index (χ0n) is 10.9. The van der Waals surface area contributed by atoms with Crippen LogP contribution >= 0.6 is 0 Å². The van der Waals surface area contributed by atoms with E-state index in [-0.39, 0.29) is 17.3 Å². The van der Waals surface area contributed by atoms with Crippen molar-refractivity contribution in [3.63, 3.8) is 0 Å². The van der Waals surface area contributed by atoms with E-state index in [0.29, 0.717) is 25.1 Å². The molecule has 0 spiro atoms. The number of nitrogen functional groups attached to an aromatic ring is 1. The van der Waals surface area contributed by atoms with E-state index in [1.807, 2.05) is 0 Å². The van der Waals surface area contributed by atoms with Crippen LogP contribution in [0.5, 0.6) is 5.75 Å². The molecule has 1 aromatic rings. The number of hydrogen-bond donors (Lipinski definition) is 3. The van der Waals surface area contributed by atoms with E-state index in [1.54, 1.807) is 0 Å². The first kappa shape index (κ1) is 15.7. The number of rotatable bonds is 8. The predicted molar refractivity (Wildman–Crippen MR) is 73.5 cm³/mol. The molecule has 7 heteroatoms. The zero-order chi connectivity index (χ0) is 14.3. The molecule has 19 heavy (non-hydrogen) atoms. The number of benzene rings is 1. The highest BCUT2D eigenvalue weighted by atomic mass is 32.2. The standard InChI is InChI=1S/C12H20N2O4S/c1-18-11-9-10(13)5-6-12(11)19(16,17)14-7-3-2-4-8-15/h5-6,9,14-15H,2-4,7-8,13H2,1H3. The van der Waals surface area contributed by atoms with Gasteiger partial charge in [0.25, 0.3) is 0 Å². The lowest BCUT2D eigenvalue weighted by Gasteiger charge is -2.11. The van der Waals surface area contributed by atoms with Crippen LogP contribution in [0.4, 0.5) is 5.69 Å². The Balaban J connectivity index is 2.72. The quantitative estimate of drug-likeness (QED) is 0.483. The average Bonchev–Trinajstić information content (AvgIpc) is 2.38. The highest BCUT2D eigenvalue weighted by molar-refractivity contribution is 7.89. The van der Waals surface area contributed by atoms with Gasteiger partial charge in [-0.05, 0) is 31.4 Å². The van der Waals surface area contributed by atoms with Crippen LogP contribution in [0.25, 0.3) is 0 Å². The van der Waals surface area contributed by atoms with Gasteiger partial charge in [0, 0.05) is 24.9 Å². The topological polar surface area (TPSA) is 102 Å². The summed E-state index contributed by atoms with van der Waals surface area (Å²) in [5.74, 6) is 0.225. The van der Waals surface area contributed by atoms with E-state index >= 15 is 0 Å². The summed E-state index contributed by atoms with van der Waals surface area (Å²) in [4.78, 5) is 0.0753. The fraction of sp³-hybridized carbons (Fsp3) is 0.500. The lowest BCUT2D eigenvalue weighted by molar-refractivity contribution is 0.283. The van der Waals surface area contributed by atoms with Crippen LogP contribution in [0.2, 0.25) is 0 Å². The largest absolute Gasteiger partial charge is 0.495 e. The lowest BCUT2D eigenvalue weighted by Crippen LogP contribution is -2.25. The third-order valence-electron chi connectivity index (χ3n) is 2.60. The van der Waals surface area contributed by atoms with Gasteiger partial charge in [0.05, 0.1) is 7.11 Å². The molecule has 0 aliphatic heterocycles. The molecule has 0 aliphatic carbocycles. The van der Waals surface area contributed by atoms with Crippen molar-refractivity contribution in [3.05, 3.63) is 18.2 Å². The summed E-state index contributed by atoms with van der Waals surface area (Å²) in [5.41, 5.74) is 6.03.